The summed E-state index contributed by atoms with van der Waals surface area (Å²) < 4.78 is 64.6. The molecule has 1 heterocycles. The summed E-state index contributed by atoms with van der Waals surface area (Å²) in [5.74, 6) is -0.885. The van der Waals surface area contributed by atoms with Crippen molar-refractivity contribution in [2.24, 2.45) is 5.92 Å². The fourth-order valence-electron chi connectivity index (χ4n) is 3.55. The molecule has 2 aromatic carbocycles. The van der Waals surface area contributed by atoms with Crippen LogP contribution in [-0.4, -0.2) is 63.9 Å². The summed E-state index contributed by atoms with van der Waals surface area (Å²) in [4.78, 5) is 13.6. The van der Waals surface area contributed by atoms with Gasteiger partial charge in [0.2, 0.25) is 15.9 Å². The van der Waals surface area contributed by atoms with Gasteiger partial charge < -0.3 is 14.4 Å². The Hall–Kier alpha value is -2.72. The topological polar surface area (TPSA) is 76.2 Å². The largest absolute Gasteiger partial charge is 0.497 e. The molecule has 1 saturated heterocycles. The number of rotatable bonds is 8. The van der Waals surface area contributed by atoms with Gasteiger partial charge in [0.1, 0.15) is 34.6 Å². The third-order valence-electron chi connectivity index (χ3n) is 5.45. The average Bonchev–Trinajstić information content (AvgIpc) is 2.80. The number of methoxy groups -OCH3 is 1. The molecule has 1 amide bonds. The van der Waals surface area contributed by atoms with E-state index < -0.39 is 26.6 Å². The number of sulfonamides is 1. The lowest BCUT2D eigenvalue weighted by atomic mass is 9.97. The number of piperidine rings is 1. The van der Waals surface area contributed by atoms with Gasteiger partial charge in [-0.15, -0.1) is 0 Å². The van der Waals surface area contributed by atoms with E-state index in [9.17, 15) is 22.0 Å². The highest BCUT2D eigenvalue weighted by Crippen LogP contribution is 2.27. The van der Waals surface area contributed by atoms with Gasteiger partial charge in [-0.25, -0.2) is 17.2 Å². The van der Waals surface area contributed by atoms with Crippen LogP contribution in [0.4, 0.5) is 8.78 Å². The van der Waals surface area contributed by atoms with Crippen molar-refractivity contribution >= 4 is 15.9 Å². The van der Waals surface area contributed by atoms with Gasteiger partial charge in [-0.3, -0.25) is 4.79 Å². The van der Waals surface area contributed by atoms with Crippen LogP contribution in [0.15, 0.2) is 47.4 Å². The molecule has 2 aromatic rings. The Balaban J connectivity index is 1.50. The van der Waals surface area contributed by atoms with Gasteiger partial charge in [0.05, 0.1) is 13.7 Å². The Labute approximate surface area is 186 Å². The molecule has 174 valence electrons. The Morgan fingerprint density at radius 1 is 1.09 bits per heavy atom. The second kappa shape index (κ2) is 10.3. The van der Waals surface area contributed by atoms with Crippen LogP contribution in [0.1, 0.15) is 12.8 Å². The van der Waals surface area contributed by atoms with Gasteiger partial charge >= 0.3 is 0 Å². The molecule has 0 bridgehead atoms. The highest BCUT2D eigenvalue weighted by Gasteiger charge is 2.34. The number of nitrogens with zero attached hydrogens (tertiary/aromatic N) is 2. The molecule has 0 atom stereocenters. The third kappa shape index (κ3) is 5.55. The molecule has 3 rings (SSSR count). The fraction of sp³-hybridized carbons (Fsp3) is 0.409. The number of benzene rings is 2. The van der Waals surface area contributed by atoms with Crippen LogP contribution in [0, 0.1) is 17.6 Å². The quantitative estimate of drug-likeness (QED) is 0.596. The first-order valence-electron chi connectivity index (χ1n) is 10.2. The summed E-state index contributed by atoms with van der Waals surface area (Å²) in [7, 11) is -0.919. The monoisotopic (exact) mass is 468 g/mol. The number of amides is 1. The van der Waals surface area contributed by atoms with E-state index in [-0.39, 0.29) is 24.9 Å². The van der Waals surface area contributed by atoms with E-state index in [1.807, 2.05) is 0 Å². The van der Waals surface area contributed by atoms with Crippen molar-refractivity contribution < 1.29 is 31.5 Å². The van der Waals surface area contributed by atoms with E-state index in [0.717, 1.165) is 22.2 Å². The number of halogens is 2. The third-order valence-corrected chi connectivity index (χ3v) is 7.36. The van der Waals surface area contributed by atoms with Crippen LogP contribution in [0.25, 0.3) is 0 Å². The number of hydrogen-bond donors (Lipinski definition) is 0. The van der Waals surface area contributed by atoms with Crippen LogP contribution in [-0.2, 0) is 14.8 Å². The van der Waals surface area contributed by atoms with Crippen LogP contribution < -0.4 is 9.47 Å². The summed E-state index contributed by atoms with van der Waals surface area (Å²) in [6.07, 6.45) is 0.608. The molecule has 1 aliphatic heterocycles. The molecule has 1 aliphatic rings. The van der Waals surface area contributed by atoms with Crippen molar-refractivity contribution in [2.75, 3.05) is 40.4 Å². The minimum atomic E-state index is -4.17. The van der Waals surface area contributed by atoms with Gasteiger partial charge in [-0.1, -0.05) is 0 Å². The van der Waals surface area contributed by atoms with E-state index in [0.29, 0.717) is 37.8 Å². The maximum absolute atomic E-state index is 14.0. The number of carbonyl (C=O) groups excluding carboxylic acids is 1. The van der Waals surface area contributed by atoms with Crippen molar-refractivity contribution in [2.45, 2.75) is 17.7 Å². The zero-order chi connectivity index (χ0) is 23.3. The van der Waals surface area contributed by atoms with Gasteiger partial charge in [-0.2, -0.15) is 4.31 Å². The number of likely N-dealkylation sites (N-methyl/N-ethyl adjacent to an activating group) is 1. The normalized spacial score (nSPS) is 15.4. The van der Waals surface area contributed by atoms with Crippen molar-refractivity contribution in [3.63, 3.8) is 0 Å². The SMILES string of the molecule is COc1ccc(OCCN(C)C(=O)C2CCN(S(=O)(=O)c3cc(F)ccc3F)CC2)cc1. The summed E-state index contributed by atoms with van der Waals surface area (Å²) in [5.41, 5.74) is 0. The number of ether oxygens (including phenoxy) is 2. The first kappa shape index (κ1) is 23.9. The van der Waals surface area contributed by atoms with E-state index in [4.69, 9.17) is 9.47 Å². The fourth-order valence-corrected chi connectivity index (χ4v) is 5.10. The lowest BCUT2D eigenvalue weighted by Crippen LogP contribution is -2.44. The van der Waals surface area contributed by atoms with Gasteiger partial charge in [0.25, 0.3) is 0 Å². The summed E-state index contributed by atoms with van der Waals surface area (Å²) in [6, 6.07) is 9.45. The zero-order valence-electron chi connectivity index (χ0n) is 18.0. The smallest absolute Gasteiger partial charge is 0.246 e. The summed E-state index contributed by atoms with van der Waals surface area (Å²) in [5, 5.41) is 0. The second-order valence-electron chi connectivity index (χ2n) is 7.54. The lowest BCUT2D eigenvalue weighted by molar-refractivity contribution is -0.135. The molecule has 0 aromatic heterocycles. The van der Waals surface area contributed by atoms with Gasteiger partial charge in [0.15, 0.2) is 0 Å². The molecule has 0 aliphatic carbocycles. The van der Waals surface area contributed by atoms with Crippen molar-refractivity contribution in [1.29, 1.82) is 0 Å². The molecule has 32 heavy (non-hydrogen) atoms. The first-order chi connectivity index (χ1) is 15.2. The molecular weight excluding hydrogens is 442 g/mol. The van der Waals surface area contributed by atoms with Crippen molar-refractivity contribution in [3.8, 4) is 11.5 Å². The van der Waals surface area contributed by atoms with E-state index in [2.05, 4.69) is 0 Å². The van der Waals surface area contributed by atoms with Crippen LogP contribution in [0.5, 0.6) is 11.5 Å². The molecule has 0 spiro atoms. The number of carbonyl (C=O) groups is 1. The second-order valence-corrected chi connectivity index (χ2v) is 9.44. The first-order valence-corrected chi connectivity index (χ1v) is 11.6. The Morgan fingerprint density at radius 2 is 1.72 bits per heavy atom. The number of hydrogen-bond acceptors (Lipinski definition) is 5. The van der Waals surface area contributed by atoms with Crippen molar-refractivity contribution in [3.05, 3.63) is 54.1 Å². The van der Waals surface area contributed by atoms with E-state index >= 15 is 0 Å². The zero-order valence-corrected chi connectivity index (χ0v) is 18.8. The van der Waals surface area contributed by atoms with Crippen molar-refractivity contribution in [1.82, 2.24) is 9.21 Å². The maximum atomic E-state index is 14.0. The summed E-state index contributed by atoms with van der Waals surface area (Å²) >= 11 is 0. The highest BCUT2D eigenvalue weighted by atomic mass is 32.2. The lowest BCUT2D eigenvalue weighted by Gasteiger charge is -2.32. The standard InChI is InChI=1S/C22H26F2N2O5S/c1-25(13-14-31-19-6-4-18(30-2)5-7-19)22(27)16-9-11-26(12-10-16)32(28,29)21-15-17(23)3-8-20(21)24/h3-8,15-16H,9-14H2,1-2H3. The van der Waals surface area contributed by atoms with E-state index in [1.165, 1.54) is 0 Å². The van der Waals surface area contributed by atoms with E-state index in [1.54, 1.807) is 43.3 Å². The Kier molecular flexibility index (Phi) is 7.68. The predicted octanol–water partition coefficient (Wildman–Crippen LogP) is 2.91. The minimum absolute atomic E-state index is 0.0604. The van der Waals surface area contributed by atoms with Crippen LogP contribution in [0.2, 0.25) is 0 Å². The van der Waals surface area contributed by atoms with Gasteiger partial charge in [0, 0.05) is 26.1 Å². The molecule has 0 unspecified atom stereocenters. The molecule has 7 nitrogen and oxygen atoms in total. The minimum Gasteiger partial charge on any atom is -0.497 e. The molecule has 0 N–H and O–H groups in total. The molecule has 1 fully saturated rings. The van der Waals surface area contributed by atoms with Crippen LogP contribution >= 0.6 is 0 Å². The molecule has 0 radical (unpaired) electrons. The Bertz CT molecular complexity index is 1040. The molecule has 10 heteroatoms. The predicted molar refractivity (Wildman–Crippen MR) is 114 cm³/mol. The molecular formula is C22H26F2N2O5S. The Morgan fingerprint density at radius 3 is 2.34 bits per heavy atom. The summed E-state index contributed by atoms with van der Waals surface area (Å²) in [6.45, 7) is 0.800. The molecule has 0 saturated carbocycles. The highest BCUT2D eigenvalue weighted by molar-refractivity contribution is 7.89. The maximum Gasteiger partial charge on any atom is 0.246 e. The van der Waals surface area contributed by atoms with Crippen LogP contribution in [0.3, 0.4) is 0 Å². The average molecular weight is 469 g/mol. The van der Waals surface area contributed by atoms with Gasteiger partial charge in [-0.05, 0) is 55.3 Å².